The predicted octanol–water partition coefficient (Wildman–Crippen LogP) is 14.1. The van der Waals surface area contributed by atoms with E-state index in [1.165, 1.54) is 0 Å². The summed E-state index contributed by atoms with van der Waals surface area (Å²) >= 11 is 0. The van der Waals surface area contributed by atoms with Crippen LogP contribution in [-0.4, -0.2) is 34.2 Å². The van der Waals surface area contributed by atoms with E-state index < -0.39 is 0 Å². The minimum atomic E-state index is -0.238. The maximum absolute atomic E-state index is 11.6. The molecule has 0 heterocycles. The van der Waals surface area contributed by atoms with Crippen LogP contribution in [-0.2, 0) is 16.2 Å². The van der Waals surface area contributed by atoms with Crippen molar-refractivity contribution in [2.24, 2.45) is 0 Å². The number of phenolic OH excluding ortho intramolecular Hbond substituents is 3. The van der Waals surface area contributed by atoms with Crippen LogP contribution in [0.3, 0.4) is 0 Å². The number of hydrogen-bond donors (Lipinski definition) is 3. The van der Waals surface area contributed by atoms with Gasteiger partial charge in [0.1, 0.15) is 17.2 Å². The molecule has 0 unspecified atom stereocenters. The van der Waals surface area contributed by atoms with Gasteiger partial charge in [0.05, 0.1) is 16.7 Å². The zero-order valence-corrected chi connectivity index (χ0v) is 37.4. The summed E-state index contributed by atoms with van der Waals surface area (Å²) in [5, 5.41) is 32.3. The van der Waals surface area contributed by atoms with E-state index in [2.05, 4.69) is 135 Å². The standard InChI is InChI=1S/C57H54O6/c1-55(2,3)49-22-43(34-10-13-37(31-58)52(61)28-34)19-46(25-49)40-16-41(47-20-44(23-50(26-47)56(4,5)6)35-11-14-38(32-59)53(62)29-35)18-42(17-40)48-21-45(24-51(27-48)57(7,8)9)36-12-15-39(33-60)54(63)30-36/h10-33,61-63H,1-9H3. The van der Waals surface area contributed by atoms with Gasteiger partial charge in [-0.25, -0.2) is 0 Å². The molecule has 0 aliphatic heterocycles. The SMILES string of the molecule is CC(C)(C)c1cc(-c2cc(-c3cc(-c4ccc(C=O)c(O)c4)cc(C(C)(C)C)c3)cc(-c3cc(-c4ccc(C=O)c(O)c4)cc(C(C)(C)C)c3)c2)cc(-c2ccc(C=O)c(O)c2)c1. The average molecular weight is 835 g/mol. The van der Waals surface area contributed by atoms with Crippen LogP contribution in [0.2, 0.25) is 0 Å². The van der Waals surface area contributed by atoms with E-state index in [-0.39, 0.29) is 50.2 Å². The highest BCUT2D eigenvalue weighted by Crippen LogP contribution is 2.42. The number of rotatable bonds is 9. The van der Waals surface area contributed by atoms with Crippen LogP contribution < -0.4 is 0 Å². The summed E-state index contributed by atoms with van der Waals surface area (Å²) in [4.78, 5) is 34.9. The molecule has 0 amide bonds. The number of carbonyl (C=O) groups is 3. The van der Waals surface area contributed by atoms with E-state index in [9.17, 15) is 29.7 Å². The molecule has 318 valence electrons. The Morgan fingerprint density at radius 3 is 0.651 bits per heavy atom. The highest BCUT2D eigenvalue weighted by atomic mass is 16.3. The molecule has 63 heavy (non-hydrogen) atoms. The molecule has 0 saturated carbocycles. The van der Waals surface area contributed by atoms with Gasteiger partial charge in [-0.15, -0.1) is 0 Å². The summed E-state index contributed by atoms with van der Waals surface area (Å²) in [5.74, 6) is -0.245. The number of carbonyl (C=O) groups excluding carboxylic acids is 3. The fourth-order valence-corrected chi connectivity index (χ4v) is 7.78. The first-order chi connectivity index (χ1) is 29.6. The molecular formula is C57H54O6. The van der Waals surface area contributed by atoms with Crippen molar-refractivity contribution in [3.8, 4) is 84.0 Å². The van der Waals surface area contributed by atoms with Gasteiger partial charge < -0.3 is 15.3 Å². The minimum Gasteiger partial charge on any atom is -0.507 e. The largest absolute Gasteiger partial charge is 0.507 e. The second-order valence-electron chi connectivity index (χ2n) is 19.6. The molecule has 7 aromatic carbocycles. The third kappa shape index (κ3) is 9.41. The topological polar surface area (TPSA) is 112 Å². The predicted molar refractivity (Wildman–Crippen MR) is 256 cm³/mol. The van der Waals surface area contributed by atoms with Gasteiger partial charge in [0.25, 0.3) is 0 Å². The zero-order chi connectivity index (χ0) is 45.6. The second kappa shape index (κ2) is 16.7. The second-order valence-corrected chi connectivity index (χ2v) is 19.6. The number of phenols is 3. The lowest BCUT2D eigenvalue weighted by Crippen LogP contribution is -2.11. The van der Waals surface area contributed by atoms with Crippen LogP contribution in [0.15, 0.2) is 127 Å². The molecule has 7 rings (SSSR count). The molecule has 0 saturated heterocycles. The molecule has 7 aromatic rings. The van der Waals surface area contributed by atoms with E-state index in [1.54, 1.807) is 36.4 Å². The quantitative estimate of drug-likeness (QED) is 0.125. The molecule has 0 aliphatic carbocycles. The Labute approximate surface area is 370 Å². The maximum Gasteiger partial charge on any atom is 0.153 e. The van der Waals surface area contributed by atoms with E-state index in [4.69, 9.17) is 0 Å². The Bertz CT molecular complexity index is 2600. The van der Waals surface area contributed by atoms with Crippen LogP contribution in [0, 0.1) is 0 Å². The van der Waals surface area contributed by atoms with Gasteiger partial charge in [0.15, 0.2) is 18.9 Å². The Kier molecular flexibility index (Phi) is 11.6. The monoisotopic (exact) mass is 834 g/mol. The van der Waals surface area contributed by atoms with E-state index in [0.717, 1.165) is 83.5 Å². The number of benzene rings is 7. The zero-order valence-electron chi connectivity index (χ0n) is 37.4. The molecule has 6 heteroatoms. The van der Waals surface area contributed by atoms with Gasteiger partial charge in [-0.3, -0.25) is 14.4 Å². The first-order valence-corrected chi connectivity index (χ1v) is 21.1. The van der Waals surface area contributed by atoms with Crippen molar-refractivity contribution < 1.29 is 29.7 Å². The van der Waals surface area contributed by atoms with Crippen molar-refractivity contribution in [1.82, 2.24) is 0 Å². The van der Waals surface area contributed by atoms with Gasteiger partial charge in [-0.2, -0.15) is 0 Å². The fourth-order valence-electron chi connectivity index (χ4n) is 7.78. The smallest absolute Gasteiger partial charge is 0.153 e. The van der Waals surface area contributed by atoms with Crippen molar-refractivity contribution in [2.75, 3.05) is 0 Å². The summed E-state index contributed by atoms with van der Waals surface area (Å²) in [5.41, 5.74) is 14.0. The summed E-state index contributed by atoms with van der Waals surface area (Å²) in [6.07, 6.45) is 1.94. The Morgan fingerprint density at radius 2 is 0.476 bits per heavy atom. The van der Waals surface area contributed by atoms with Crippen LogP contribution in [0.25, 0.3) is 66.8 Å². The summed E-state index contributed by atoms with van der Waals surface area (Å²) < 4.78 is 0. The maximum atomic E-state index is 11.6. The fraction of sp³-hybridized carbons (Fsp3) is 0.211. The average Bonchev–Trinajstić information content (AvgIpc) is 3.24. The van der Waals surface area contributed by atoms with Crippen molar-refractivity contribution in [2.45, 2.75) is 78.6 Å². The lowest BCUT2D eigenvalue weighted by molar-refractivity contribution is 0.111. The summed E-state index contributed by atoms with van der Waals surface area (Å²) in [6, 6.07) is 41.4. The van der Waals surface area contributed by atoms with Crippen molar-refractivity contribution in [1.29, 1.82) is 0 Å². The molecule has 0 bridgehead atoms. The van der Waals surface area contributed by atoms with Crippen LogP contribution >= 0.6 is 0 Å². The Morgan fingerprint density at radius 1 is 0.286 bits per heavy atom. The first kappa shape index (κ1) is 44.0. The van der Waals surface area contributed by atoms with Crippen molar-refractivity contribution >= 4 is 18.9 Å². The van der Waals surface area contributed by atoms with Gasteiger partial charge in [-0.05, 0) is 172 Å². The molecule has 0 aliphatic rings. The van der Waals surface area contributed by atoms with E-state index in [1.807, 2.05) is 18.2 Å². The van der Waals surface area contributed by atoms with Gasteiger partial charge in [0, 0.05) is 0 Å². The molecule has 0 aromatic heterocycles. The van der Waals surface area contributed by atoms with Crippen LogP contribution in [0.5, 0.6) is 17.2 Å². The van der Waals surface area contributed by atoms with E-state index in [0.29, 0.717) is 18.9 Å². The summed E-state index contributed by atoms with van der Waals surface area (Å²) in [6.45, 7) is 19.5. The number of hydrogen-bond acceptors (Lipinski definition) is 6. The first-order valence-electron chi connectivity index (χ1n) is 21.1. The third-order valence-electron chi connectivity index (χ3n) is 11.8. The third-order valence-corrected chi connectivity index (χ3v) is 11.8. The molecule has 6 nitrogen and oxygen atoms in total. The van der Waals surface area contributed by atoms with Crippen LogP contribution in [0.1, 0.15) is 110 Å². The Balaban J connectivity index is 1.54. The number of aromatic hydroxyl groups is 3. The van der Waals surface area contributed by atoms with Crippen molar-refractivity contribution in [3.05, 3.63) is 161 Å². The lowest BCUT2D eigenvalue weighted by atomic mass is 9.81. The van der Waals surface area contributed by atoms with Crippen molar-refractivity contribution in [3.63, 3.8) is 0 Å². The molecule has 0 fully saturated rings. The number of aldehydes is 3. The van der Waals surface area contributed by atoms with Crippen LogP contribution in [0.4, 0.5) is 0 Å². The lowest BCUT2D eigenvalue weighted by Gasteiger charge is -2.24. The van der Waals surface area contributed by atoms with Gasteiger partial charge in [0.2, 0.25) is 0 Å². The van der Waals surface area contributed by atoms with Gasteiger partial charge >= 0.3 is 0 Å². The molecular weight excluding hydrogens is 781 g/mol. The van der Waals surface area contributed by atoms with Gasteiger partial charge in [-0.1, -0.05) is 117 Å². The molecule has 0 atom stereocenters. The minimum absolute atomic E-state index is 0.0817. The molecule has 3 N–H and O–H groups in total. The summed E-state index contributed by atoms with van der Waals surface area (Å²) in [7, 11) is 0. The normalized spacial score (nSPS) is 12.0. The van der Waals surface area contributed by atoms with E-state index >= 15 is 0 Å². The molecule has 0 radical (unpaired) electrons. The molecule has 0 spiro atoms. The highest BCUT2D eigenvalue weighted by Gasteiger charge is 2.22. The Hall–Kier alpha value is -7.05. The highest BCUT2D eigenvalue weighted by molar-refractivity contribution is 5.89.